The van der Waals surface area contributed by atoms with Crippen LogP contribution in [0.15, 0.2) is 84.9 Å². The van der Waals surface area contributed by atoms with E-state index in [4.69, 9.17) is 0 Å². The Labute approximate surface area is 167 Å². The zero-order valence-corrected chi connectivity index (χ0v) is 16.9. The van der Waals surface area contributed by atoms with Crippen molar-refractivity contribution in [3.63, 3.8) is 0 Å². The molecule has 0 aromatic heterocycles. The Hall–Kier alpha value is -2.87. The van der Waals surface area contributed by atoms with Gasteiger partial charge in [0, 0.05) is 22.2 Å². The van der Waals surface area contributed by atoms with Gasteiger partial charge in [-0.25, -0.2) is 0 Å². The highest BCUT2D eigenvalue weighted by atomic mass is 16.1. The van der Waals surface area contributed by atoms with Crippen LogP contribution in [0.2, 0.25) is 0 Å². The molecule has 0 aliphatic carbocycles. The van der Waals surface area contributed by atoms with Gasteiger partial charge < -0.3 is 4.90 Å². The summed E-state index contributed by atoms with van der Waals surface area (Å²) in [6.07, 6.45) is 0.948. The van der Waals surface area contributed by atoms with E-state index in [2.05, 4.69) is 80.3 Å². The van der Waals surface area contributed by atoms with Gasteiger partial charge in [-0.05, 0) is 37.5 Å². The molecule has 4 rings (SSSR count). The lowest BCUT2D eigenvalue weighted by atomic mass is 9.65. The molecule has 1 atom stereocenters. The summed E-state index contributed by atoms with van der Waals surface area (Å²) in [7, 11) is 0. The molecule has 28 heavy (non-hydrogen) atoms. The molecular weight excluding hydrogens is 342 g/mol. The fourth-order valence-electron chi connectivity index (χ4n) is 4.78. The van der Waals surface area contributed by atoms with Crippen LogP contribution >= 0.6 is 0 Å². The van der Waals surface area contributed by atoms with E-state index in [0.717, 1.165) is 17.7 Å². The van der Waals surface area contributed by atoms with Gasteiger partial charge in [0.1, 0.15) is 0 Å². The molecule has 1 aliphatic rings. The molecule has 0 saturated heterocycles. The van der Waals surface area contributed by atoms with E-state index < -0.39 is 0 Å². The van der Waals surface area contributed by atoms with Crippen LogP contribution < -0.4 is 4.90 Å². The lowest BCUT2D eigenvalue weighted by Crippen LogP contribution is -2.55. The van der Waals surface area contributed by atoms with Crippen molar-refractivity contribution in [2.24, 2.45) is 0 Å². The van der Waals surface area contributed by atoms with Crippen molar-refractivity contribution in [1.29, 1.82) is 0 Å². The second kappa shape index (κ2) is 6.94. The molecule has 0 bridgehead atoms. The van der Waals surface area contributed by atoms with Gasteiger partial charge in [0.2, 0.25) is 0 Å². The average Bonchev–Trinajstić information content (AvgIpc) is 2.72. The number of hydrogen-bond acceptors (Lipinski definition) is 2. The molecule has 2 nitrogen and oxygen atoms in total. The summed E-state index contributed by atoms with van der Waals surface area (Å²) < 4.78 is 0. The van der Waals surface area contributed by atoms with Crippen LogP contribution in [-0.2, 0) is 5.41 Å². The molecule has 1 aliphatic heterocycles. The molecule has 0 N–H and O–H groups in total. The van der Waals surface area contributed by atoms with Crippen molar-refractivity contribution in [2.75, 3.05) is 11.4 Å². The Morgan fingerprint density at radius 3 is 2.07 bits per heavy atom. The Kier molecular flexibility index (Phi) is 4.58. The van der Waals surface area contributed by atoms with Gasteiger partial charge >= 0.3 is 0 Å². The standard InChI is InChI=1S/C26H27NO/c1-25(2)19-26(3,21-14-8-5-9-15-21)22-16-10-11-17-23(22)27(25)18-24(28)20-12-6-4-7-13-20/h4-17H,18-19H2,1-3H3. The lowest BCUT2D eigenvalue weighted by molar-refractivity contribution is 0.0989. The van der Waals surface area contributed by atoms with Crippen LogP contribution in [0.3, 0.4) is 0 Å². The largest absolute Gasteiger partial charge is 0.358 e. The molecule has 3 aromatic rings. The maximum absolute atomic E-state index is 13.0. The van der Waals surface area contributed by atoms with Gasteiger partial charge in [0.25, 0.3) is 0 Å². The molecule has 2 heteroatoms. The molecule has 0 spiro atoms. The number of rotatable bonds is 4. The first kappa shape index (κ1) is 18.5. The topological polar surface area (TPSA) is 20.3 Å². The first-order chi connectivity index (χ1) is 13.4. The number of ketones is 1. The number of Topliss-reactive ketones (excluding diaryl/α,β-unsaturated/α-hetero) is 1. The van der Waals surface area contributed by atoms with Gasteiger partial charge in [-0.3, -0.25) is 4.79 Å². The number of para-hydroxylation sites is 1. The Balaban J connectivity index is 1.78. The van der Waals surface area contributed by atoms with Crippen molar-refractivity contribution in [2.45, 2.75) is 38.1 Å². The first-order valence-electron chi connectivity index (χ1n) is 9.93. The smallest absolute Gasteiger partial charge is 0.182 e. The van der Waals surface area contributed by atoms with Gasteiger partial charge in [0.05, 0.1) is 6.54 Å². The third kappa shape index (κ3) is 3.13. The van der Waals surface area contributed by atoms with Crippen molar-refractivity contribution >= 4 is 11.5 Å². The summed E-state index contributed by atoms with van der Waals surface area (Å²) in [6.45, 7) is 7.23. The number of carbonyl (C=O) groups excluding carboxylic acids is 1. The first-order valence-corrected chi connectivity index (χ1v) is 9.93. The van der Waals surface area contributed by atoms with E-state index in [1.54, 1.807) is 0 Å². The van der Waals surface area contributed by atoms with Gasteiger partial charge in [-0.15, -0.1) is 0 Å². The second-order valence-corrected chi connectivity index (χ2v) is 8.58. The highest BCUT2D eigenvalue weighted by Gasteiger charge is 2.45. The average molecular weight is 370 g/mol. The zero-order chi connectivity index (χ0) is 19.8. The normalized spacial score (nSPS) is 20.5. The predicted octanol–water partition coefficient (Wildman–Crippen LogP) is 5.86. The van der Waals surface area contributed by atoms with Crippen LogP contribution in [0.5, 0.6) is 0 Å². The Morgan fingerprint density at radius 2 is 1.39 bits per heavy atom. The summed E-state index contributed by atoms with van der Waals surface area (Å²) in [6, 6.07) is 28.9. The minimum absolute atomic E-state index is 0.0896. The minimum Gasteiger partial charge on any atom is -0.358 e. The van der Waals surface area contributed by atoms with Crippen LogP contribution in [0.25, 0.3) is 0 Å². The quantitative estimate of drug-likeness (QED) is 0.537. The van der Waals surface area contributed by atoms with Crippen molar-refractivity contribution in [3.8, 4) is 0 Å². The Morgan fingerprint density at radius 1 is 0.821 bits per heavy atom. The monoisotopic (exact) mass is 369 g/mol. The maximum atomic E-state index is 13.0. The van der Waals surface area contributed by atoms with Crippen LogP contribution in [0, 0.1) is 0 Å². The number of carbonyl (C=O) groups is 1. The molecule has 0 radical (unpaired) electrons. The zero-order valence-electron chi connectivity index (χ0n) is 16.9. The van der Waals surface area contributed by atoms with Crippen LogP contribution in [0.4, 0.5) is 5.69 Å². The van der Waals surface area contributed by atoms with Gasteiger partial charge in [0.15, 0.2) is 5.78 Å². The molecule has 0 amide bonds. The molecule has 3 aromatic carbocycles. The number of benzene rings is 3. The maximum Gasteiger partial charge on any atom is 0.182 e. The van der Waals surface area contributed by atoms with Crippen molar-refractivity contribution in [3.05, 3.63) is 102 Å². The van der Waals surface area contributed by atoms with Crippen molar-refractivity contribution < 1.29 is 4.79 Å². The fraction of sp³-hybridized carbons (Fsp3) is 0.269. The van der Waals surface area contributed by atoms with Crippen LogP contribution in [-0.4, -0.2) is 17.9 Å². The van der Waals surface area contributed by atoms with E-state index in [1.165, 1.54) is 11.1 Å². The number of hydrogen-bond donors (Lipinski definition) is 0. The second-order valence-electron chi connectivity index (χ2n) is 8.58. The third-order valence-electron chi connectivity index (χ3n) is 6.11. The fourth-order valence-corrected chi connectivity index (χ4v) is 4.78. The number of fused-ring (bicyclic) bond motifs is 1. The van der Waals surface area contributed by atoms with Gasteiger partial charge in [-0.2, -0.15) is 0 Å². The molecule has 142 valence electrons. The summed E-state index contributed by atoms with van der Waals surface area (Å²) in [5, 5.41) is 0. The minimum atomic E-state index is -0.149. The molecular formula is C26H27NO. The Bertz CT molecular complexity index is 978. The third-order valence-corrected chi connectivity index (χ3v) is 6.11. The van der Waals surface area contributed by atoms with Crippen molar-refractivity contribution in [1.82, 2.24) is 0 Å². The van der Waals surface area contributed by atoms with E-state index in [1.807, 2.05) is 30.3 Å². The summed E-state index contributed by atoms with van der Waals surface area (Å²) in [4.78, 5) is 15.3. The van der Waals surface area contributed by atoms with E-state index in [-0.39, 0.29) is 16.7 Å². The highest BCUT2D eigenvalue weighted by molar-refractivity contribution is 5.99. The van der Waals surface area contributed by atoms with E-state index in [9.17, 15) is 4.79 Å². The molecule has 0 saturated carbocycles. The van der Waals surface area contributed by atoms with Crippen LogP contribution in [0.1, 0.15) is 48.7 Å². The number of anilines is 1. The van der Waals surface area contributed by atoms with E-state index in [0.29, 0.717) is 6.54 Å². The summed E-state index contributed by atoms with van der Waals surface area (Å²) >= 11 is 0. The highest BCUT2D eigenvalue weighted by Crippen LogP contribution is 2.50. The lowest BCUT2D eigenvalue weighted by Gasteiger charge is -2.52. The molecule has 0 fully saturated rings. The molecule has 1 heterocycles. The molecule has 1 unspecified atom stereocenters. The van der Waals surface area contributed by atoms with Gasteiger partial charge in [-0.1, -0.05) is 85.8 Å². The SMILES string of the molecule is CC1(c2ccccc2)CC(C)(C)N(CC(=O)c2ccccc2)c2ccccc21. The number of nitrogens with zero attached hydrogens (tertiary/aromatic N) is 1. The summed E-state index contributed by atoms with van der Waals surface area (Å²) in [5.74, 6) is 0.159. The predicted molar refractivity (Wildman–Crippen MR) is 116 cm³/mol. The summed E-state index contributed by atoms with van der Waals surface area (Å²) in [5.41, 5.74) is 4.31. The van der Waals surface area contributed by atoms with E-state index >= 15 is 0 Å².